The summed E-state index contributed by atoms with van der Waals surface area (Å²) in [4.78, 5) is 3.94. The van der Waals surface area contributed by atoms with Crippen molar-refractivity contribution in [1.29, 1.82) is 0 Å². The summed E-state index contributed by atoms with van der Waals surface area (Å²) in [6.07, 6.45) is 1.22. The van der Waals surface area contributed by atoms with E-state index in [1.807, 2.05) is 30.5 Å². The van der Waals surface area contributed by atoms with E-state index in [4.69, 9.17) is 0 Å². The molecule has 0 amide bonds. The highest BCUT2D eigenvalue weighted by Gasteiger charge is 2.35. The minimum atomic E-state index is -4.51. The summed E-state index contributed by atoms with van der Waals surface area (Å²) in [6.45, 7) is 7.11. The van der Waals surface area contributed by atoms with Crippen molar-refractivity contribution < 1.29 is 18.3 Å². The number of alkyl halides is 3. The maximum absolute atomic E-state index is 13.4. The fraction of sp³-hybridized carbons (Fsp3) is 0.281. The van der Waals surface area contributed by atoms with E-state index in [0.29, 0.717) is 11.5 Å². The third-order valence-electron chi connectivity index (χ3n) is 6.99. The number of aliphatic imine (C=N–C) groups is 1. The molecule has 198 valence electrons. The van der Waals surface area contributed by atoms with Gasteiger partial charge < -0.3 is 9.67 Å². The molecule has 1 aromatic heterocycles. The molecule has 1 N–H and O–H groups in total. The van der Waals surface area contributed by atoms with Crippen LogP contribution in [-0.4, -0.2) is 22.9 Å². The number of aromatic nitrogens is 1. The summed E-state index contributed by atoms with van der Waals surface area (Å²) in [5, 5.41) is 11.8. The number of hydrogen-bond acceptors (Lipinski definition) is 2. The fourth-order valence-corrected chi connectivity index (χ4v) is 5.07. The van der Waals surface area contributed by atoms with Gasteiger partial charge in [0.2, 0.25) is 0 Å². The van der Waals surface area contributed by atoms with Gasteiger partial charge in [-0.25, -0.2) is 0 Å². The van der Waals surface area contributed by atoms with Crippen molar-refractivity contribution in [2.75, 3.05) is 7.05 Å². The minimum Gasteiger partial charge on any atom is -0.384 e. The second-order valence-corrected chi connectivity index (χ2v) is 9.66. The largest absolute Gasteiger partial charge is 0.416 e. The van der Waals surface area contributed by atoms with Crippen molar-refractivity contribution in [3.63, 3.8) is 0 Å². The van der Waals surface area contributed by atoms with Gasteiger partial charge >= 0.3 is 6.18 Å². The van der Waals surface area contributed by atoms with Crippen molar-refractivity contribution in [3.05, 3.63) is 112 Å². The highest BCUT2D eigenvalue weighted by molar-refractivity contribution is 5.89. The number of nitrogens with zero attached hydrogens (tertiary/aromatic N) is 2. The predicted octanol–water partition coefficient (Wildman–Crippen LogP) is 8.01. The lowest BCUT2D eigenvalue weighted by molar-refractivity contribution is -0.139. The number of allylic oxidation sites excluding steroid dienone is 1. The standard InChI is InChI=1S/C23H22F3NO.C9H11N/c1-3-27-20-10-8-14(2)12-17(20)18-13-15(9-11-21(18)27)22(28)16-6-4-5-7-19(16)23(24,25)26;1-8-5-3-4-6-9(8)7-10-2/h4-11,13-14,22,28H,3,12H2,1-2H3;3-7H,1-2H3/t14-,22?;/m1./s1. The molecule has 1 aliphatic carbocycles. The van der Waals surface area contributed by atoms with Crippen molar-refractivity contribution in [3.8, 4) is 0 Å². The lowest BCUT2D eigenvalue weighted by Crippen LogP contribution is -2.12. The van der Waals surface area contributed by atoms with Gasteiger partial charge in [-0.1, -0.05) is 61.5 Å². The van der Waals surface area contributed by atoms with E-state index in [1.165, 1.54) is 34.9 Å². The Kier molecular flexibility index (Phi) is 8.22. The van der Waals surface area contributed by atoms with E-state index in [1.54, 1.807) is 13.1 Å². The van der Waals surface area contributed by atoms with E-state index in [0.717, 1.165) is 35.6 Å². The van der Waals surface area contributed by atoms with E-state index in [-0.39, 0.29) is 5.56 Å². The molecule has 1 unspecified atom stereocenters. The average molecular weight is 519 g/mol. The van der Waals surface area contributed by atoms with Crippen LogP contribution in [0.15, 0.2) is 77.8 Å². The average Bonchev–Trinajstić information content (AvgIpc) is 3.21. The normalized spacial score (nSPS) is 15.8. The van der Waals surface area contributed by atoms with Crippen LogP contribution in [0.1, 0.15) is 59.0 Å². The molecule has 3 nitrogen and oxygen atoms in total. The quantitative estimate of drug-likeness (QED) is 0.273. The summed E-state index contributed by atoms with van der Waals surface area (Å²) < 4.78 is 42.3. The Hall–Kier alpha value is -3.64. The Balaban J connectivity index is 0.000000283. The molecule has 4 aromatic rings. The first-order chi connectivity index (χ1) is 18.2. The second kappa shape index (κ2) is 11.4. The molecular weight excluding hydrogens is 485 g/mol. The second-order valence-electron chi connectivity index (χ2n) is 9.66. The molecule has 6 heteroatoms. The van der Waals surface area contributed by atoms with Gasteiger partial charge in [0.05, 0.1) is 5.56 Å². The smallest absolute Gasteiger partial charge is 0.384 e. The van der Waals surface area contributed by atoms with Gasteiger partial charge in [0.25, 0.3) is 0 Å². The summed E-state index contributed by atoms with van der Waals surface area (Å²) >= 11 is 0. The number of aliphatic hydroxyl groups excluding tert-OH is 1. The zero-order valence-corrected chi connectivity index (χ0v) is 22.1. The van der Waals surface area contributed by atoms with Crippen LogP contribution in [-0.2, 0) is 19.1 Å². The summed E-state index contributed by atoms with van der Waals surface area (Å²) in [5.74, 6) is 0.406. The topological polar surface area (TPSA) is 37.5 Å². The Morgan fingerprint density at radius 1 is 1.08 bits per heavy atom. The van der Waals surface area contributed by atoms with Crippen molar-refractivity contribution >= 4 is 23.2 Å². The summed E-state index contributed by atoms with van der Waals surface area (Å²) in [6, 6.07) is 18.9. The predicted molar refractivity (Wildman–Crippen MR) is 150 cm³/mol. The van der Waals surface area contributed by atoms with Gasteiger partial charge in [-0.05, 0) is 78.3 Å². The number of benzene rings is 3. The van der Waals surface area contributed by atoms with Gasteiger partial charge in [-0.3, -0.25) is 4.99 Å². The first-order valence-corrected chi connectivity index (χ1v) is 12.8. The molecule has 1 heterocycles. The van der Waals surface area contributed by atoms with Crippen LogP contribution in [0.5, 0.6) is 0 Å². The van der Waals surface area contributed by atoms with E-state index < -0.39 is 17.8 Å². The number of aryl methyl sites for hydroxylation is 2. The van der Waals surface area contributed by atoms with Crippen molar-refractivity contribution in [2.24, 2.45) is 10.9 Å². The monoisotopic (exact) mass is 518 g/mol. The van der Waals surface area contributed by atoms with Crippen LogP contribution in [0, 0.1) is 12.8 Å². The number of hydrogen-bond donors (Lipinski definition) is 1. The van der Waals surface area contributed by atoms with Gasteiger partial charge in [-0.15, -0.1) is 0 Å². The maximum atomic E-state index is 13.4. The first-order valence-electron chi connectivity index (χ1n) is 12.8. The lowest BCUT2D eigenvalue weighted by atomic mass is 9.91. The lowest BCUT2D eigenvalue weighted by Gasteiger charge is -2.18. The Labute approximate surface area is 222 Å². The van der Waals surface area contributed by atoms with E-state index >= 15 is 0 Å². The van der Waals surface area contributed by atoms with Crippen LogP contribution in [0.2, 0.25) is 0 Å². The van der Waals surface area contributed by atoms with Crippen LogP contribution in [0.25, 0.3) is 17.0 Å². The number of fused-ring (bicyclic) bond motifs is 3. The van der Waals surface area contributed by atoms with Crippen molar-refractivity contribution in [2.45, 2.75) is 46.0 Å². The first kappa shape index (κ1) is 27.4. The molecule has 0 spiro atoms. The van der Waals surface area contributed by atoms with Crippen molar-refractivity contribution in [1.82, 2.24) is 4.57 Å². The molecule has 1 aliphatic rings. The molecular formula is C32H33F3N2O. The van der Waals surface area contributed by atoms with Gasteiger partial charge in [0.15, 0.2) is 0 Å². The zero-order chi connectivity index (χ0) is 27.4. The molecule has 5 rings (SSSR count). The van der Waals surface area contributed by atoms with Crippen LogP contribution >= 0.6 is 0 Å². The van der Waals surface area contributed by atoms with Crippen LogP contribution in [0.4, 0.5) is 13.2 Å². The number of rotatable bonds is 4. The molecule has 0 saturated heterocycles. The maximum Gasteiger partial charge on any atom is 0.416 e. The van der Waals surface area contributed by atoms with E-state index in [2.05, 4.69) is 54.6 Å². The number of aliphatic hydroxyl groups is 1. The van der Waals surface area contributed by atoms with Gasteiger partial charge in [-0.2, -0.15) is 13.2 Å². The summed E-state index contributed by atoms with van der Waals surface area (Å²) in [7, 11) is 1.78. The molecule has 38 heavy (non-hydrogen) atoms. The zero-order valence-electron chi connectivity index (χ0n) is 22.1. The Morgan fingerprint density at radius 3 is 2.47 bits per heavy atom. The third kappa shape index (κ3) is 5.60. The molecule has 0 aliphatic heterocycles. The highest BCUT2D eigenvalue weighted by atomic mass is 19.4. The molecule has 0 bridgehead atoms. The fourth-order valence-electron chi connectivity index (χ4n) is 5.07. The molecule has 0 saturated carbocycles. The molecule has 0 fully saturated rings. The summed E-state index contributed by atoms with van der Waals surface area (Å²) in [5.41, 5.74) is 5.42. The van der Waals surface area contributed by atoms with E-state index in [9.17, 15) is 18.3 Å². The highest BCUT2D eigenvalue weighted by Crippen LogP contribution is 2.39. The minimum absolute atomic E-state index is 0.119. The molecule has 3 aromatic carbocycles. The van der Waals surface area contributed by atoms with Crippen LogP contribution < -0.4 is 0 Å². The van der Waals surface area contributed by atoms with Gasteiger partial charge in [0.1, 0.15) is 6.10 Å². The van der Waals surface area contributed by atoms with Gasteiger partial charge in [0, 0.05) is 36.4 Å². The Bertz CT molecular complexity index is 1480. The third-order valence-corrected chi connectivity index (χ3v) is 6.99. The SMILES string of the molecule is CCn1c2c(c3cc(C(O)c4ccccc4C(F)(F)F)ccc31)C[C@H](C)C=C2.CN=Cc1ccccc1C. The number of halogens is 3. The molecule has 0 radical (unpaired) electrons. The molecule has 2 atom stereocenters. The van der Waals surface area contributed by atoms with Crippen LogP contribution in [0.3, 0.4) is 0 Å². The Morgan fingerprint density at radius 2 is 1.79 bits per heavy atom.